The lowest BCUT2D eigenvalue weighted by Crippen LogP contribution is -2.53. The predicted octanol–water partition coefficient (Wildman–Crippen LogP) is 5.11. The first kappa shape index (κ1) is 30.7. The van der Waals surface area contributed by atoms with Crippen LogP contribution in [-0.4, -0.2) is 69.2 Å². The number of thiazole rings is 2. The molecule has 0 aliphatic rings. The number of hydrogen-bond donors (Lipinski definition) is 5. The number of aliphatic carboxylic acids is 1. The lowest BCUT2D eigenvalue weighted by atomic mass is 10.2. The molecule has 2 aromatic carbocycles. The zero-order valence-electron chi connectivity index (χ0n) is 25.2. The molecule has 6 heterocycles. The minimum absolute atomic E-state index is 0.245. The molecule has 8 rings (SSSR count). The number of aromatic nitrogens is 6. The highest BCUT2D eigenvalue weighted by Gasteiger charge is 2.29. The summed E-state index contributed by atoms with van der Waals surface area (Å²) < 4.78 is 0.491. The number of hydrogen-bond acceptors (Lipinski definition) is 13. The summed E-state index contributed by atoms with van der Waals surface area (Å²) in [6.45, 7) is 0. The monoisotopic (exact) mass is 700 g/mol. The molecule has 2 amide bonds. The van der Waals surface area contributed by atoms with E-state index in [2.05, 4.69) is 40.5 Å². The van der Waals surface area contributed by atoms with Crippen molar-refractivity contribution >= 4 is 82.7 Å². The van der Waals surface area contributed by atoms with Gasteiger partial charge in [-0.1, -0.05) is 36.4 Å². The number of carbonyl (C=O) groups is 3. The van der Waals surface area contributed by atoms with Crippen molar-refractivity contribution in [2.45, 2.75) is 6.17 Å². The molecule has 0 aliphatic heterocycles. The molecule has 6 aromatic heterocycles. The summed E-state index contributed by atoms with van der Waals surface area (Å²) >= 11 is 2.20. The highest BCUT2D eigenvalue weighted by molar-refractivity contribution is 7.22. The Labute approximate surface area is 287 Å². The quantitative estimate of drug-likeness (QED) is 0.137. The molecule has 0 fully saturated rings. The Morgan fingerprint density at radius 1 is 0.600 bits per heavy atom. The second-order valence-corrected chi connectivity index (χ2v) is 12.9. The number of carbonyl (C=O) groups excluding carboxylic acids is 2. The normalized spacial score (nSPS) is 11.5. The molecule has 0 bridgehead atoms. The average Bonchev–Trinajstić information content (AvgIpc) is 3.77. The Morgan fingerprint density at radius 3 is 1.48 bits per heavy atom. The van der Waals surface area contributed by atoms with Crippen LogP contribution in [0.3, 0.4) is 0 Å². The predicted molar refractivity (Wildman–Crippen MR) is 186 cm³/mol. The van der Waals surface area contributed by atoms with E-state index in [-0.39, 0.29) is 9.40 Å². The first-order valence-corrected chi connectivity index (χ1v) is 16.4. The fraction of sp³-hybridized carbons (Fsp3) is 0.0294. The Bertz CT molecular complexity index is 2520. The summed E-state index contributed by atoms with van der Waals surface area (Å²) in [5.74, 6) is -4.81. The molecular formula is C34H20N8O6S2. The number of fused-ring (bicyclic) bond motifs is 4. The average molecular weight is 701 g/mol. The molecule has 16 heteroatoms. The first-order valence-electron chi connectivity index (χ1n) is 14.8. The van der Waals surface area contributed by atoms with E-state index in [1.807, 2.05) is 60.7 Å². The first-order chi connectivity index (χ1) is 24.2. The van der Waals surface area contributed by atoms with Crippen molar-refractivity contribution in [3.63, 3.8) is 0 Å². The number of aromatic hydroxyl groups is 2. The van der Waals surface area contributed by atoms with Crippen molar-refractivity contribution in [2.75, 3.05) is 0 Å². The smallest absolute Gasteiger partial charge is 0.347 e. The third kappa shape index (κ3) is 5.43. The highest BCUT2D eigenvalue weighted by Crippen LogP contribution is 2.38. The standard InChI is InChI=1S/C34H20N8O6S2/c43-25-23(37-13-21-27(25)49-32(39-21)17-9-15-5-1-3-7-19(15)35-11-17)30(45)41-29(34(47)48)42-31(46)24-26(44)28-22(14-38-24)40-33(50-28)18-10-16-6-2-4-8-20(16)36-12-18/h1-14,29,43-44H,(H,41,45)(H,42,46)(H,47,48). The summed E-state index contributed by atoms with van der Waals surface area (Å²) in [7, 11) is 0. The SMILES string of the molecule is O=C(NC(NC(=O)c1ncc2nc(-c3cnc4ccccc4c3)sc2c1O)C(=O)O)c1ncc2nc(-c3cnc4ccccc4c3)sc2c1O. The third-order valence-electron chi connectivity index (χ3n) is 7.72. The number of carboxylic acid groups (broad SMARTS) is 1. The van der Waals surface area contributed by atoms with Crippen molar-refractivity contribution in [1.29, 1.82) is 0 Å². The number of benzene rings is 2. The Morgan fingerprint density at radius 2 is 1.04 bits per heavy atom. The van der Waals surface area contributed by atoms with E-state index in [0.29, 0.717) is 32.2 Å². The minimum Gasteiger partial charge on any atom is -0.504 e. The molecule has 0 spiro atoms. The molecule has 50 heavy (non-hydrogen) atoms. The summed E-state index contributed by atoms with van der Waals surface area (Å²) in [6.07, 6.45) is 3.88. The summed E-state index contributed by atoms with van der Waals surface area (Å²) in [5.41, 5.74) is 2.67. The van der Waals surface area contributed by atoms with Crippen molar-refractivity contribution in [3.05, 3.63) is 96.8 Å². The van der Waals surface area contributed by atoms with Crippen molar-refractivity contribution in [3.8, 4) is 32.6 Å². The lowest BCUT2D eigenvalue weighted by molar-refractivity contribution is -0.139. The van der Waals surface area contributed by atoms with Crippen LogP contribution in [0, 0.1) is 0 Å². The van der Waals surface area contributed by atoms with Crippen LogP contribution in [0.15, 0.2) is 85.5 Å². The van der Waals surface area contributed by atoms with E-state index in [0.717, 1.165) is 44.5 Å². The highest BCUT2D eigenvalue weighted by atomic mass is 32.1. The number of pyridine rings is 4. The van der Waals surface area contributed by atoms with Gasteiger partial charge in [0.05, 0.1) is 23.4 Å². The number of nitrogens with one attached hydrogen (secondary N) is 2. The number of para-hydroxylation sites is 2. The van der Waals surface area contributed by atoms with E-state index in [4.69, 9.17) is 0 Å². The van der Waals surface area contributed by atoms with Crippen molar-refractivity contribution in [1.82, 2.24) is 40.5 Å². The van der Waals surface area contributed by atoms with Crippen LogP contribution in [-0.2, 0) is 4.79 Å². The summed E-state index contributed by atoms with van der Waals surface area (Å²) in [6, 6.07) is 18.9. The van der Waals surface area contributed by atoms with Gasteiger partial charge in [-0.3, -0.25) is 19.6 Å². The molecule has 0 unspecified atom stereocenters. The topological polar surface area (TPSA) is 213 Å². The molecule has 5 N–H and O–H groups in total. The molecule has 0 saturated heterocycles. The van der Waals surface area contributed by atoms with Crippen LogP contribution >= 0.6 is 22.7 Å². The zero-order valence-corrected chi connectivity index (χ0v) is 26.9. The van der Waals surface area contributed by atoms with Crippen molar-refractivity contribution < 1.29 is 29.7 Å². The number of carboxylic acids is 1. The zero-order chi connectivity index (χ0) is 34.5. The maximum atomic E-state index is 13.2. The molecule has 14 nitrogen and oxygen atoms in total. The molecular weight excluding hydrogens is 681 g/mol. The maximum Gasteiger partial charge on any atom is 0.347 e. The second-order valence-electron chi connectivity index (χ2n) is 10.9. The fourth-order valence-electron chi connectivity index (χ4n) is 5.28. The van der Waals surface area contributed by atoms with Crippen LogP contribution < -0.4 is 10.6 Å². The van der Waals surface area contributed by atoms with Gasteiger partial charge in [0.25, 0.3) is 11.8 Å². The van der Waals surface area contributed by atoms with Gasteiger partial charge < -0.3 is 26.0 Å². The molecule has 0 aliphatic carbocycles. The van der Waals surface area contributed by atoms with Gasteiger partial charge >= 0.3 is 5.97 Å². The Kier molecular flexibility index (Phi) is 7.42. The molecule has 8 aromatic rings. The molecule has 0 saturated carbocycles. The van der Waals surface area contributed by atoms with Crippen LogP contribution in [0.5, 0.6) is 11.5 Å². The van der Waals surface area contributed by atoms with E-state index in [9.17, 15) is 29.7 Å². The molecule has 0 radical (unpaired) electrons. The van der Waals surface area contributed by atoms with Gasteiger partial charge in [-0.2, -0.15) is 0 Å². The number of nitrogens with zero attached hydrogens (tertiary/aromatic N) is 6. The largest absolute Gasteiger partial charge is 0.504 e. The second kappa shape index (κ2) is 12.1. The van der Waals surface area contributed by atoms with E-state index >= 15 is 0 Å². The number of amides is 2. The summed E-state index contributed by atoms with van der Waals surface area (Å²) in [5, 5.41) is 38.9. The van der Waals surface area contributed by atoms with Gasteiger partial charge in [-0.05, 0) is 24.3 Å². The van der Waals surface area contributed by atoms with Gasteiger partial charge in [-0.25, -0.2) is 24.7 Å². The van der Waals surface area contributed by atoms with Gasteiger partial charge in [0, 0.05) is 34.3 Å². The van der Waals surface area contributed by atoms with Crippen molar-refractivity contribution in [2.24, 2.45) is 0 Å². The van der Waals surface area contributed by atoms with E-state index in [1.54, 1.807) is 12.4 Å². The fourth-order valence-corrected chi connectivity index (χ4v) is 7.21. The summed E-state index contributed by atoms with van der Waals surface area (Å²) in [4.78, 5) is 64.4. The van der Waals surface area contributed by atoms with E-state index < -0.39 is 46.8 Å². The van der Waals surface area contributed by atoms with Gasteiger partial charge in [0.1, 0.15) is 30.4 Å². The van der Waals surface area contributed by atoms with E-state index in [1.165, 1.54) is 12.4 Å². The Hall–Kier alpha value is -6.65. The molecule has 0 atom stereocenters. The van der Waals surface area contributed by atoms with Crippen LogP contribution in [0.4, 0.5) is 0 Å². The van der Waals surface area contributed by atoms with Gasteiger partial charge in [0.15, 0.2) is 22.9 Å². The van der Waals surface area contributed by atoms with Crippen LogP contribution in [0.25, 0.3) is 63.4 Å². The van der Waals surface area contributed by atoms with Gasteiger partial charge in [-0.15, -0.1) is 22.7 Å². The van der Waals surface area contributed by atoms with Crippen LogP contribution in [0.2, 0.25) is 0 Å². The Balaban J connectivity index is 1.02. The maximum absolute atomic E-state index is 13.2. The number of rotatable bonds is 7. The van der Waals surface area contributed by atoms with Gasteiger partial charge in [0.2, 0.25) is 6.17 Å². The minimum atomic E-state index is -1.98. The third-order valence-corrected chi connectivity index (χ3v) is 9.97. The lowest BCUT2D eigenvalue weighted by Gasteiger charge is -2.16. The molecule has 244 valence electrons. The van der Waals surface area contributed by atoms with Crippen LogP contribution in [0.1, 0.15) is 21.0 Å².